The summed E-state index contributed by atoms with van der Waals surface area (Å²) in [4.78, 5) is 18.3. The van der Waals surface area contributed by atoms with Crippen molar-refractivity contribution in [3.8, 4) is 6.07 Å². The van der Waals surface area contributed by atoms with Crippen LogP contribution in [0.4, 0.5) is 5.69 Å². The molecule has 1 amide bonds. The lowest BCUT2D eigenvalue weighted by Gasteiger charge is -2.24. The molecule has 1 N–H and O–H groups in total. The van der Waals surface area contributed by atoms with Crippen LogP contribution in [0.5, 0.6) is 0 Å². The van der Waals surface area contributed by atoms with Crippen molar-refractivity contribution in [3.63, 3.8) is 0 Å². The number of amides is 1. The predicted octanol–water partition coefficient (Wildman–Crippen LogP) is 2.24. The monoisotopic (exact) mass is 274 g/mol. The van der Waals surface area contributed by atoms with E-state index in [9.17, 15) is 10.1 Å². The molecule has 0 radical (unpaired) electrons. The molecule has 108 valence electrons. The number of nitriles is 1. The number of carbonyl (C=O) groups excluding carboxylic acids is 1. The largest absolute Gasteiger partial charge is 0.373 e. The first-order chi connectivity index (χ1) is 9.44. The van der Waals surface area contributed by atoms with Gasteiger partial charge in [0.25, 0.3) is 0 Å². The number of hydrogen-bond donors (Lipinski definition) is 1. The van der Waals surface area contributed by atoms with E-state index in [4.69, 9.17) is 0 Å². The zero-order valence-corrected chi connectivity index (χ0v) is 12.8. The fourth-order valence-electron chi connectivity index (χ4n) is 2.19. The number of aromatic nitrogens is 1. The van der Waals surface area contributed by atoms with Gasteiger partial charge in [0.15, 0.2) is 0 Å². The summed E-state index contributed by atoms with van der Waals surface area (Å²) in [5.41, 5.74) is 2.67. The quantitative estimate of drug-likeness (QED) is 0.894. The van der Waals surface area contributed by atoms with Crippen LogP contribution in [0.1, 0.15) is 37.7 Å². The van der Waals surface area contributed by atoms with Crippen LogP contribution in [0.2, 0.25) is 0 Å². The lowest BCUT2D eigenvalue weighted by atomic mass is 10.1. The first-order valence-corrected chi connectivity index (χ1v) is 6.88. The minimum Gasteiger partial charge on any atom is -0.373 e. The second-order valence-corrected chi connectivity index (χ2v) is 4.76. The Morgan fingerprint density at radius 2 is 2.05 bits per heavy atom. The van der Waals surface area contributed by atoms with E-state index in [1.54, 1.807) is 17.9 Å². The molecule has 0 spiro atoms. The Bertz CT molecular complexity index is 529. The third-order valence-electron chi connectivity index (χ3n) is 3.26. The number of anilines is 1. The van der Waals surface area contributed by atoms with Gasteiger partial charge in [-0.3, -0.25) is 9.78 Å². The standard InChI is InChI=1S/C15H22N4O/c1-6-19(7-2)15(20)12(5)18-14-8-10(3)17-11(4)13(14)9-16/h8,12H,6-7H2,1-5H3,(H,17,18). The molecule has 1 rings (SSSR count). The summed E-state index contributed by atoms with van der Waals surface area (Å²) in [6, 6.07) is 3.57. The van der Waals surface area contributed by atoms with Crippen LogP contribution in [0.15, 0.2) is 6.07 Å². The highest BCUT2D eigenvalue weighted by Gasteiger charge is 2.19. The van der Waals surface area contributed by atoms with Crippen LogP contribution in [-0.4, -0.2) is 34.9 Å². The summed E-state index contributed by atoms with van der Waals surface area (Å²) in [5, 5.41) is 12.4. The van der Waals surface area contributed by atoms with Gasteiger partial charge in [-0.25, -0.2) is 0 Å². The van der Waals surface area contributed by atoms with E-state index in [0.717, 1.165) is 5.69 Å². The number of pyridine rings is 1. The van der Waals surface area contributed by atoms with E-state index < -0.39 is 0 Å². The van der Waals surface area contributed by atoms with Crippen molar-refractivity contribution >= 4 is 11.6 Å². The van der Waals surface area contributed by atoms with Gasteiger partial charge in [0.2, 0.25) is 5.91 Å². The zero-order chi connectivity index (χ0) is 15.3. The van der Waals surface area contributed by atoms with E-state index in [1.165, 1.54) is 0 Å². The molecule has 20 heavy (non-hydrogen) atoms. The molecule has 0 bridgehead atoms. The maximum Gasteiger partial charge on any atom is 0.244 e. The Hall–Kier alpha value is -2.09. The smallest absolute Gasteiger partial charge is 0.244 e. The summed E-state index contributed by atoms with van der Waals surface area (Å²) >= 11 is 0. The SMILES string of the molecule is CCN(CC)C(=O)C(C)Nc1cc(C)nc(C)c1C#N. The van der Waals surface area contributed by atoms with Crippen molar-refractivity contribution < 1.29 is 4.79 Å². The van der Waals surface area contributed by atoms with Crippen LogP contribution in [0, 0.1) is 25.2 Å². The first-order valence-electron chi connectivity index (χ1n) is 6.88. The number of rotatable bonds is 5. The van der Waals surface area contributed by atoms with Crippen molar-refractivity contribution in [3.05, 3.63) is 23.0 Å². The average molecular weight is 274 g/mol. The first kappa shape index (κ1) is 16.0. The number of nitrogens with zero attached hydrogens (tertiary/aromatic N) is 3. The summed E-state index contributed by atoms with van der Waals surface area (Å²) < 4.78 is 0. The lowest BCUT2D eigenvalue weighted by Crippen LogP contribution is -2.41. The van der Waals surface area contributed by atoms with Crippen LogP contribution < -0.4 is 5.32 Å². The maximum atomic E-state index is 12.2. The summed E-state index contributed by atoms with van der Waals surface area (Å²) in [5.74, 6) is 0.0333. The lowest BCUT2D eigenvalue weighted by molar-refractivity contribution is -0.131. The summed E-state index contributed by atoms with van der Waals surface area (Å²) in [6.45, 7) is 10.8. The highest BCUT2D eigenvalue weighted by molar-refractivity contribution is 5.84. The Morgan fingerprint density at radius 3 is 2.55 bits per heavy atom. The molecule has 5 heteroatoms. The van der Waals surface area contributed by atoms with Crippen LogP contribution in [-0.2, 0) is 4.79 Å². The van der Waals surface area contributed by atoms with Gasteiger partial charge in [-0.2, -0.15) is 5.26 Å². The molecule has 1 aromatic rings. The zero-order valence-electron chi connectivity index (χ0n) is 12.8. The molecule has 1 atom stereocenters. The minimum absolute atomic E-state index is 0.0333. The summed E-state index contributed by atoms with van der Waals surface area (Å²) in [7, 11) is 0. The van der Waals surface area contributed by atoms with E-state index in [-0.39, 0.29) is 11.9 Å². The molecule has 0 saturated heterocycles. The molecule has 0 aliphatic heterocycles. The molecular formula is C15H22N4O. The van der Waals surface area contributed by atoms with Gasteiger partial charge in [-0.05, 0) is 40.7 Å². The van der Waals surface area contributed by atoms with Crippen molar-refractivity contribution in [1.82, 2.24) is 9.88 Å². The maximum absolute atomic E-state index is 12.2. The van der Waals surface area contributed by atoms with Gasteiger partial charge in [0.05, 0.1) is 16.9 Å². The second-order valence-electron chi connectivity index (χ2n) is 4.76. The van der Waals surface area contributed by atoms with Crippen molar-refractivity contribution in [1.29, 1.82) is 5.26 Å². The van der Waals surface area contributed by atoms with E-state index >= 15 is 0 Å². The van der Waals surface area contributed by atoms with E-state index in [1.807, 2.05) is 27.7 Å². The number of likely N-dealkylation sites (N-methyl/N-ethyl adjacent to an activating group) is 1. The molecule has 1 heterocycles. The Morgan fingerprint density at radius 1 is 1.45 bits per heavy atom. The third kappa shape index (κ3) is 3.47. The Labute approximate surface area is 120 Å². The van der Waals surface area contributed by atoms with E-state index in [2.05, 4.69) is 16.4 Å². The number of aryl methyl sites for hydroxylation is 2. The fourth-order valence-corrected chi connectivity index (χ4v) is 2.19. The van der Waals surface area contributed by atoms with Crippen LogP contribution >= 0.6 is 0 Å². The highest BCUT2D eigenvalue weighted by atomic mass is 16.2. The molecule has 0 aliphatic rings. The number of nitrogens with one attached hydrogen (secondary N) is 1. The molecule has 0 saturated carbocycles. The molecule has 1 aromatic heterocycles. The third-order valence-corrected chi connectivity index (χ3v) is 3.26. The highest BCUT2D eigenvalue weighted by Crippen LogP contribution is 2.19. The van der Waals surface area contributed by atoms with Gasteiger partial charge in [0, 0.05) is 18.8 Å². The van der Waals surface area contributed by atoms with Gasteiger partial charge in [-0.15, -0.1) is 0 Å². The second kappa shape index (κ2) is 6.90. The van der Waals surface area contributed by atoms with E-state index in [0.29, 0.717) is 30.0 Å². The average Bonchev–Trinajstić information content (AvgIpc) is 2.39. The van der Waals surface area contributed by atoms with Crippen molar-refractivity contribution in [2.45, 2.75) is 40.7 Å². The number of hydrogen-bond acceptors (Lipinski definition) is 4. The van der Waals surface area contributed by atoms with Gasteiger partial charge in [0.1, 0.15) is 12.1 Å². The minimum atomic E-state index is -0.372. The van der Waals surface area contributed by atoms with Crippen molar-refractivity contribution in [2.75, 3.05) is 18.4 Å². The molecule has 5 nitrogen and oxygen atoms in total. The predicted molar refractivity (Wildman–Crippen MR) is 79.4 cm³/mol. The molecule has 0 aliphatic carbocycles. The Kier molecular flexibility index (Phi) is 5.51. The molecule has 0 fully saturated rings. The fraction of sp³-hybridized carbons (Fsp3) is 0.533. The normalized spacial score (nSPS) is 11.6. The van der Waals surface area contributed by atoms with Crippen LogP contribution in [0.3, 0.4) is 0 Å². The van der Waals surface area contributed by atoms with Crippen LogP contribution in [0.25, 0.3) is 0 Å². The Balaban J connectivity index is 2.99. The molecule has 1 unspecified atom stereocenters. The number of carbonyl (C=O) groups is 1. The van der Waals surface area contributed by atoms with Gasteiger partial charge in [-0.1, -0.05) is 0 Å². The van der Waals surface area contributed by atoms with Gasteiger partial charge >= 0.3 is 0 Å². The van der Waals surface area contributed by atoms with Gasteiger partial charge < -0.3 is 10.2 Å². The van der Waals surface area contributed by atoms with Crippen molar-refractivity contribution in [2.24, 2.45) is 0 Å². The molecule has 0 aromatic carbocycles. The molecular weight excluding hydrogens is 252 g/mol. The topological polar surface area (TPSA) is 69.0 Å². The summed E-state index contributed by atoms with van der Waals surface area (Å²) in [6.07, 6.45) is 0.